The van der Waals surface area contributed by atoms with Gasteiger partial charge in [0.25, 0.3) is 0 Å². The quantitative estimate of drug-likeness (QED) is 0.645. The van der Waals surface area contributed by atoms with Crippen molar-refractivity contribution in [3.63, 3.8) is 0 Å². The second kappa shape index (κ2) is 9.35. The number of Topliss-reactive ketones (excluding diaryl/α,β-unsaturated/α-hetero) is 1. The number of nitrogens with one attached hydrogen (secondary N) is 1. The average Bonchev–Trinajstić information content (AvgIpc) is 2.80. The minimum atomic E-state index is -0.454. The molecule has 0 radical (unpaired) electrons. The van der Waals surface area contributed by atoms with Gasteiger partial charge >= 0.3 is 0 Å². The van der Waals surface area contributed by atoms with Gasteiger partial charge in [0.1, 0.15) is 0 Å². The smallest absolute Gasteiger partial charge is 0.225 e. The highest BCUT2D eigenvalue weighted by molar-refractivity contribution is 6.32. The Morgan fingerprint density at radius 3 is 2.42 bits per heavy atom. The molecule has 0 saturated carbocycles. The van der Waals surface area contributed by atoms with E-state index >= 15 is 0 Å². The number of methoxy groups -OCH3 is 2. The highest BCUT2D eigenvalue weighted by Gasteiger charge is 2.38. The molecule has 0 bridgehead atoms. The molecule has 0 saturated heterocycles. The number of rotatable bonds is 6. The molecule has 1 aliphatic carbocycles. The molecule has 33 heavy (non-hydrogen) atoms. The molecule has 0 spiro atoms. The summed E-state index contributed by atoms with van der Waals surface area (Å²) in [5.41, 5.74) is 2.83. The number of phenols is 1. The van der Waals surface area contributed by atoms with E-state index in [2.05, 4.69) is 5.32 Å². The van der Waals surface area contributed by atoms with E-state index in [1.165, 1.54) is 0 Å². The van der Waals surface area contributed by atoms with E-state index in [1.807, 2.05) is 18.2 Å². The molecule has 2 aromatic rings. The third kappa shape index (κ3) is 4.37. The molecule has 174 valence electrons. The van der Waals surface area contributed by atoms with Gasteiger partial charge in [-0.1, -0.05) is 17.7 Å². The van der Waals surface area contributed by atoms with Crippen molar-refractivity contribution in [2.24, 2.45) is 0 Å². The van der Waals surface area contributed by atoms with Crippen LogP contribution in [0, 0.1) is 0 Å². The molecular formula is C25H26ClNO6. The molecule has 0 fully saturated rings. The van der Waals surface area contributed by atoms with Gasteiger partial charge in [-0.05, 0) is 54.7 Å². The van der Waals surface area contributed by atoms with Crippen molar-refractivity contribution in [2.45, 2.75) is 38.0 Å². The predicted octanol–water partition coefficient (Wildman–Crippen LogP) is 4.47. The van der Waals surface area contributed by atoms with Crippen LogP contribution in [-0.2, 0) is 9.59 Å². The molecule has 0 unspecified atom stereocenters. The SMILES string of the molecule is CCOc1cc([C@H]2CC(=O)NC3=C2C(=O)C[C@@H](c2ccc(OC)c(OC)c2)C3)cc(Cl)c1O. The maximum absolute atomic E-state index is 13.4. The first kappa shape index (κ1) is 23.0. The van der Waals surface area contributed by atoms with Crippen LogP contribution >= 0.6 is 11.6 Å². The highest BCUT2D eigenvalue weighted by Crippen LogP contribution is 2.46. The van der Waals surface area contributed by atoms with Crippen LogP contribution in [0.3, 0.4) is 0 Å². The van der Waals surface area contributed by atoms with E-state index in [9.17, 15) is 14.7 Å². The molecule has 0 aromatic heterocycles. The predicted molar refractivity (Wildman–Crippen MR) is 123 cm³/mol. The van der Waals surface area contributed by atoms with E-state index in [4.69, 9.17) is 25.8 Å². The van der Waals surface area contributed by atoms with Crippen molar-refractivity contribution in [1.29, 1.82) is 0 Å². The molecule has 1 aliphatic heterocycles. The third-order valence-corrected chi connectivity index (χ3v) is 6.46. The zero-order valence-corrected chi connectivity index (χ0v) is 19.5. The fourth-order valence-corrected chi connectivity index (χ4v) is 4.87. The average molecular weight is 472 g/mol. The number of phenolic OH excluding ortho intramolecular Hbond substituents is 1. The molecule has 2 aromatic carbocycles. The Labute approximate surface area is 197 Å². The molecule has 2 aliphatic rings. The minimum Gasteiger partial charge on any atom is -0.503 e. The van der Waals surface area contributed by atoms with Crippen molar-refractivity contribution in [3.05, 3.63) is 57.8 Å². The maximum Gasteiger partial charge on any atom is 0.225 e. The summed E-state index contributed by atoms with van der Waals surface area (Å²) in [6, 6.07) is 8.87. The van der Waals surface area contributed by atoms with Crippen molar-refractivity contribution in [2.75, 3.05) is 20.8 Å². The minimum absolute atomic E-state index is 0.0248. The lowest BCUT2D eigenvalue weighted by Gasteiger charge is -2.34. The highest BCUT2D eigenvalue weighted by atomic mass is 35.5. The van der Waals surface area contributed by atoms with Gasteiger partial charge in [-0.25, -0.2) is 0 Å². The number of hydrogen-bond acceptors (Lipinski definition) is 6. The number of allylic oxidation sites excluding steroid dienone is 2. The van der Waals surface area contributed by atoms with Gasteiger partial charge in [-0.2, -0.15) is 0 Å². The van der Waals surface area contributed by atoms with Crippen LogP contribution in [0.2, 0.25) is 5.02 Å². The van der Waals surface area contributed by atoms with Gasteiger partial charge < -0.3 is 24.6 Å². The number of hydrogen-bond donors (Lipinski definition) is 2. The fourth-order valence-electron chi connectivity index (χ4n) is 4.65. The van der Waals surface area contributed by atoms with Gasteiger partial charge in [-0.15, -0.1) is 0 Å². The van der Waals surface area contributed by atoms with E-state index in [-0.39, 0.29) is 40.6 Å². The van der Waals surface area contributed by atoms with Crippen LogP contribution in [0.5, 0.6) is 23.0 Å². The topological polar surface area (TPSA) is 94.1 Å². The Kier molecular flexibility index (Phi) is 6.51. The van der Waals surface area contributed by atoms with Crippen LogP contribution in [-0.4, -0.2) is 37.6 Å². The first-order valence-corrected chi connectivity index (χ1v) is 11.2. The molecule has 8 heteroatoms. The van der Waals surface area contributed by atoms with Crippen LogP contribution in [0.1, 0.15) is 49.1 Å². The first-order valence-electron chi connectivity index (χ1n) is 10.8. The van der Waals surface area contributed by atoms with E-state index in [0.29, 0.717) is 47.8 Å². The number of halogens is 1. The molecule has 1 amide bonds. The Balaban J connectivity index is 1.71. The van der Waals surface area contributed by atoms with Gasteiger partial charge in [0.15, 0.2) is 28.8 Å². The van der Waals surface area contributed by atoms with Crippen molar-refractivity contribution < 1.29 is 28.9 Å². The number of benzene rings is 2. The van der Waals surface area contributed by atoms with Crippen LogP contribution in [0.4, 0.5) is 0 Å². The van der Waals surface area contributed by atoms with Crippen molar-refractivity contribution in [3.8, 4) is 23.0 Å². The third-order valence-electron chi connectivity index (χ3n) is 6.17. The van der Waals surface area contributed by atoms with Gasteiger partial charge in [0, 0.05) is 30.0 Å². The summed E-state index contributed by atoms with van der Waals surface area (Å²) in [4.78, 5) is 26.0. The van der Waals surface area contributed by atoms with E-state index in [0.717, 1.165) is 5.56 Å². The zero-order valence-electron chi connectivity index (χ0n) is 18.7. The standard InChI is InChI=1S/C25H26ClNO6/c1-4-33-22-11-15(7-17(26)25(22)30)16-12-23(29)27-18-8-14(9-19(28)24(16)18)13-5-6-20(31-2)21(10-13)32-3/h5-7,10-11,14,16,30H,4,8-9,12H2,1-3H3,(H,27,29)/t14-,16+/m0/s1. The van der Waals surface area contributed by atoms with E-state index in [1.54, 1.807) is 33.3 Å². The molecule has 7 nitrogen and oxygen atoms in total. The van der Waals surface area contributed by atoms with Gasteiger partial charge in [-0.3, -0.25) is 9.59 Å². The molecule has 2 atom stereocenters. The summed E-state index contributed by atoms with van der Waals surface area (Å²) in [7, 11) is 3.14. The number of carbonyl (C=O) groups is 2. The summed E-state index contributed by atoms with van der Waals surface area (Å²) >= 11 is 6.22. The van der Waals surface area contributed by atoms with Gasteiger partial charge in [0.2, 0.25) is 5.91 Å². The van der Waals surface area contributed by atoms with E-state index < -0.39 is 5.92 Å². The Morgan fingerprint density at radius 2 is 1.73 bits per heavy atom. The van der Waals surface area contributed by atoms with Crippen LogP contribution < -0.4 is 19.5 Å². The van der Waals surface area contributed by atoms with Crippen LogP contribution in [0.15, 0.2) is 41.6 Å². The maximum atomic E-state index is 13.4. The Bertz CT molecular complexity index is 1140. The molecule has 1 heterocycles. The number of aromatic hydroxyl groups is 1. The number of ketones is 1. The Hall–Kier alpha value is -3.19. The fraction of sp³-hybridized carbons (Fsp3) is 0.360. The summed E-state index contributed by atoms with van der Waals surface area (Å²) < 4.78 is 16.2. The van der Waals surface area contributed by atoms with Crippen molar-refractivity contribution in [1.82, 2.24) is 5.32 Å². The summed E-state index contributed by atoms with van der Waals surface area (Å²) in [6.07, 6.45) is 0.950. The molecule has 2 N–H and O–H groups in total. The number of carbonyl (C=O) groups excluding carboxylic acids is 2. The lowest BCUT2D eigenvalue weighted by molar-refractivity contribution is -0.122. The van der Waals surface area contributed by atoms with Crippen molar-refractivity contribution >= 4 is 23.3 Å². The largest absolute Gasteiger partial charge is 0.503 e. The Morgan fingerprint density at radius 1 is 1.00 bits per heavy atom. The summed E-state index contributed by atoms with van der Waals surface area (Å²) in [5.74, 6) is 0.547. The zero-order chi connectivity index (χ0) is 23.7. The first-order chi connectivity index (χ1) is 15.9. The normalized spacial score (nSPS) is 20.2. The monoisotopic (exact) mass is 471 g/mol. The lowest BCUT2D eigenvalue weighted by atomic mass is 9.73. The summed E-state index contributed by atoms with van der Waals surface area (Å²) in [6.45, 7) is 2.14. The second-order valence-corrected chi connectivity index (χ2v) is 8.53. The second-order valence-electron chi connectivity index (χ2n) is 8.12. The molecular weight excluding hydrogens is 446 g/mol. The molecule has 4 rings (SSSR count). The van der Waals surface area contributed by atoms with Gasteiger partial charge in [0.05, 0.1) is 25.8 Å². The lowest BCUT2D eigenvalue weighted by Crippen LogP contribution is -2.38. The number of amides is 1. The van der Waals surface area contributed by atoms with Crippen LogP contribution in [0.25, 0.3) is 0 Å². The number of ether oxygens (including phenoxy) is 3. The summed E-state index contributed by atoms with van der Waals surface area (Å²) in [5, 5.41) is 13.2.